The fourth-order valence-electron chi connectivity index (χ4n) is 1.96. The molecule has 3 heteroatoms. The van der Waals surface area contributed by atoms with Crippen molar-refractivity contribution in [1.29, 1.82) is 0 Å². The van der Waals surface area contributed by atoms with Crippen LogP contribution in [0, 0.1) is 11.8 Å². The number of carbonyl (C=O) groups excluding carboxylic acids is 1. The summed E-state index contributed by atoms with van der Waals surface area (Å²) >= 11 is 2.43. The fraction of sp³-hybridized carbons (Fsp3) is 0.900. The van der Waals surface area contributed by atoms with Gasteiger partial charge in [-0.25, -0.2) is 0 Å². The van der Waals surface area contributed by atoms with E-state index < -0.39 is 0 Å². The summed E-state index contributed by atoms with van der Waals surface area (Å²) in [5.74, 6) is 1.43. The van der Waals surface area contributed by atoms with Gasteiger partial charge in [-0.3, -0.25) is 4.79 Å². The summed E-state index contributed by atoms with van der Waals surface area (Å²) in [5, 5.41) is 0. The third-order valence-electron chi connectivity index (χ3n) is 2.63. The van der Waals surface area contributed by atoms with E-state index in [4.69, 9.17) is 4.74 Å². The molecular formula is C10H17IO2. The second kappa shape index (κ2) is 5.83. The molecule has 1 saturated carbocycles. The molecule has 0 saturated heterocycles. The Balaban J connectivity index is 2.19. The fourth-order valence-corrected chi connectivity index (χ4v) is 2.76. The Labute approximate surface area is 93.6 Å². The molecule has 2 atom stereocenters. The molecule has 0 spiro atoms. The number of hydrogen-bond donors (Lipinski definition) is 0. The van der Waals surface area contributed by atoms with Crippen LogP contribution in [0.2, 0.25) is 0 Å². The Morgan fingerprint density at radius 2 is 2.15 bits per heavy atom. The van der Waals surface area contributed by atoms with Crippen LogP contribution in [0.1, 0.15) is 32.6 Å². The molecule has 1 fully saturated rings. The predicted molar refractivity (Wildman–Crippen MR) is 61.0 cm³/mol. The average Bonchev–Trinajstić information content (AvgIpc) is 2.52. The van der Waals surface area contributed by atoms with Crippen molar-refractivity contribution in [3.05, 3.63) is 0 Å². The van der Waals surface area contributed by atoms with E-state index in [0.29, 0.717) is 18.9 Å². The minimum Gasteiger partial charge on any atom is -0.466 e. The Morgan fingerprint density at radius 1 is 1.46 bits per heavy atom. The molecule has 0 bridgehead atoms. The molecule has 0 amide bonds. The number of hydrogen-bond acceptors (Lipinski definition) is 2. The lowest BCUT2D eigenvalue weighted by Gasteiger charge is -2.08. The van der Waals surface area contributed by atoms with Crippen molar-refractivity contribution in [2.75, 3.05) is 11.0 Å². The van der Waals surface area contributed by atoms with Gasteiger partial charge in [0.25, 0.3) is 0 Å². The number of carbonyl (C=O) groups is 1. The maximum Gasteiger partial charge on any atom is 0.306 e. The van der Waals surface area contributed by atoms with Crippen molar-refractivity contribution in [3.8, 4) is 0 Å². The average molecular weight is 296 g/mol. The first-order valence-electron chi connectivity index (χ1n) is 4.97. The molecule has 0 aromatic heterocycles. The van der Waals surface area contributed by atoms with Gasteiger partial charge in [-0.2, -0.15) is 0 Å². The van der Waals surface area contributed by atoms with E-state index in [0.717, 1.165) is 5.92 Å². The van der Waals surface area contributed by atoms with E-state index in [1.807, 2.05) is 6.92 Å². The van der Waals surface area contributed by atoms with Crippen LogP contribution in [0.15, 0.2) is 0 Å². The highest BCUT2D eigenvalue weighted by Gasteiger charge is 2.25. The number of ether oxygens (including phenoxy) is 1. The Bertz CT molecular complexity index is 170. The lowest BCUT2D eigenvalue weighted by Crippen LogP contribution is -2.09. The van der Waals surface area contributed by atoms with Crippen molar-refractivity contribution in [2.45, 2.75) is 32.6 Å². The molecule has 0 N–H and O–H groups in total. The first kappa shape index (κ1) is 11.3. The normalized spacial score (nSPS) is 27.5. The van der Waals surface area contributed by atoms with Gasteiger partial charge < -0.3 is 4.74 Å². The standard InChI is InChI=1S/C10H17IO2/c1-2-13-10(12)6-8-3-4-9(5-8)7-11/h8-9H,2-7H2,1H3/t8-,9+/m1/s1. The lowest BCUT2D eigenvalue weighted by atomic mass is 10.0. The zero-order valence-corrected chi connectivity index (χ0v) is 10.2. The molecule has 13 heavy (non-hydrogen) atoms. The van der Waals surface area contributed by atoms with Crippen molar-refractivity contribution in [1.82, 2.24) is 0 Å². The van der Waals surface area contributed by atoms with Gasteiger partial charge >= 0.3 is 5.97 Å². The molecule has 0 unspecified atom stereocenters. The molecule has 0 aliphatic heterocycles. The van der Waals surface area contributed by atoms with Crippen molar-refractivity contribution < 1.29 is 9.53 Å². The maximum atomic E-state index is 11.2. The summed E-state index contributed by atoms with van der Waals surface area (Å²) in [4.78, 5) is 11.2. The maximum absolute atomic E-state index is 11.2. The van der Waals surface area contributed by atoms with Gasteiger partial charge in [0.15, 0.2) is 0 Å². The number of alkyl halides is 1. The van der Waals surface area contributed by atoms with Crippen molar-refractivity contribution in [3.63, 3.8) is 0 Å². The predicted octanol–water partition coefficient (Wildman–Crippen LogP) is 2.79. The molecular weight excluding hydrogens is 279 g/mol. The quantitative estimate of drug-likeness (QED) is 0.453. The first-order chi connectivity index (χ1) is 6.26. The van der Waals surface area contributed by atoms with Gasteiger partial charge in [0.2, 0.25) is 0 Å². The molecule has 1 rings (SSSR count). The van der Waals surface area contributed by atoms with Crippen LogP contribution < -0.4 is 0 Å². The molecule has 0 aromatic rings. The van der Waals surface area contributed by atoms with E-state index >= 15 is 0 Å². The van der Waals surface area contributed by atoms with E-state index in [1.54, 1.807) is 0 Å². The Kier molecular flexibility index (Phi) is 5.06. The van der Waals surface area contributed by atoms with E-state index in [1.165, 1.54) is 23.7 Å². The highest BCUT2D eigenvalue weighted by Crippen LogP contribution is 2.34. The monoisotopic (exact) mass is 296 g/mol. The summed E-state index contributed by atoms with van der Waals surface area (Å²) in [7, 11) is 0. The molecule has 1 aliphatic rings. The second-order valence-corrected chi connectivity index (χ2v) is 4.59. The summed E-state index contributed by atoms with van der Waals surface area (Å²) in [6.45, 7) is 2.38. The minimum atomic E-state index is -0.0124. The number of halogens is 1. The Hall–Kier alpha value is 0.200. The van der Waals surface area contributed by atoms with E-state index in [2.05, 4.69) is 22.6 Å². The van der Waals surface area contributed by atoms with Crippen molar-refractivity contribution >= 4 is 28.6 Å². The molecule has 2 nitrogen and oxygen atoms in total. The summed E-state index contributed by atoms with van der Waals surface area (Å²) in [6.07, 6.45) is 4.38. The third kappa shape index (κ3) is 3.83. The summed E-state index contributed by atoms with van der Waals surface area (Å²) in [5.41, 5.74) is 0. The second-order valence-electron chi connectivity index (χ2n) is 3.71. The van der Waals surface area contributed by atoms with Crippen LogP contribution in [0.5, 0.6) is 0 Å². The molecule has 0 aromatic carbocycles. The SMILES string of the molecule is CCOC(=O)C[C@@H]1CC[C@H](CI)C1. The zero-order valence-electron chi connectivity index (χ0n) is 8.09. The lowest BCUT2D eigenvalue weighted by molar-refractivity contribution is -0.144. The van der Waals surface area contributed by atoms with Gasteiger partial charge in [-0.1, -0.05) is 22.6 Å². The van der Waals surface area contributed by atoms with Crippen LogP contribution >= 0.6 is 22.6 Å². The highest BCUT2D eigenvalue weighted by atomic mass is 127. The van der Waals surface area contributed by atoms with E-state index in [-0.39, 0.29) is 5.97 Å². The van der Waals surface area contributed by atoms with Crippen LogP contribution in [0.25, 0.3) is 0 Å². The van der Waals surface area contributed by atoms with Crippen LogP contribution in [-0.2, 0) is 9.53 Å². The molecule has 1 aliphatic carbocycles. The minimum absolute atomic E-state index is 0.0124. The van der Waals surface area contributed by atoms with Crippen LogP contribution in [0.3, 0.4) is 0 Å². The van der Waals surface area contributed by atoms with Gasteiger partial charge in [0, 0.05) is 10.8 Å². The first-order valence-corrected chi connectivity index (χ1v) is 6.50. The summed E-state index contributed by atoms with van der Waals surface area (Å²) in [6, 6.07) is 0. The van der Waals surface area contributed by atoms with Gasteiger partial charge in [0.05, 0.1) is 6.61 Å². The Morgan fingerprint density at radius 3 is 2.69 bits per heavy atom. The topological polar surface area (TPSA) is 26.3 Å². The van der Waals surface area contributed by atoms with Crippen LogP contribution in [-0.4, -0.2) is 17.0 Å². The highest BCUT2D eigenvalue weighted by molar-refractivity contribution is 14.1. The van der Waals surface area contributed by atoms with Gasteiger partial charge in [0.1, 0.15) is 0 Å². The molecule has 0 radical (unpaired) electrons. The van der Waals surface area contributed by atoms with Crippen molar-refractivity contribution in [2.24, 2.45) is 11.8 Å². The van der Waals surface area contributed by atoms with Crippen LogP contribution in [0.4, 0.5) is 0 Å². The molecule has 76 valence electrons. The summed E-state index contributed by atoms with van der Waals surface area (Å²) < 4.78 is 6.17. The molecule has 0 heterocycles. The van der Waals surface area contributed by atoms with Gasteiger partial charge in [-0.05, 0) is 38.0 Å². The smallest absolute Gasteiger partial charge is 0.306 e. The van der Waals surface area contributed by atoms with Gasteiger partial charge in [-0.15, -0.1) is 0 Å². The number of rotatable bonds is 4. The zero-order chi connectivity index (χ0) is 9.68. The number of esters is 1. The van der Waals surface area contributed by atoms with E-state index in [9.17, 15) is 4.79 Å². The largest absolute Gasteiger partial charge is 0.466 e. The third-order valence-corrected chi connectivity index (χ3v) is 3.87.